The minimum Gasteiger partial charge on any atom is -0.385 e. The molecule has 0 aromatic carbocycles. The normalized spacial score (nSPS) is 13.0. The fourth-order valence-corrected chi connectivity index (χ4v) is 2.35. The Morgan fingerprint density at radius 3 is 3.07 bits per heavy atom. The largest absolute Gasteiger partial charge is 0.385 e. The summed E-state index contributed by atoms with van der Waals surface area (Å²) in [6.07, 6.45) is 2.08. The van der Waals surface area contributed by atoms with Crippen molar-refractivity contribution >= 4 is 11.3 Å². The van der Waals surface area contributed by atoms with E-state index in [0.29, 0.717) is 6.04 Å². The molecule has 1 aromatic heterocycles. The maximum atomic E-state index is 5.02. The molecule has 0 saturated carbocycles. The van der Waals surface area contributed by atoms with Gasteiger partial charge in [0.2, 0.25) is 0 Å². The van der Waals surface area contributed by atoms with E-state index < -0.39 is 0 Å². The summed E-state index contributed by atoms with van der Waals surface area (Å²) in [5, 5.41) is 6.72. The van der Waals surface area contributed by atoms with Crippen LogP contribution in [0.3, 0.4) is 0 Å². The first-order valence-corrected chi connectivity index (χ1v) is 6.32. The molecule has 0 aliphatic rings. The molecule has 0 aliphatic heterocycles. The van der Waals surface area contributed by atoms with Crippen molar-refractivity contribution in [3.8, 4) is 0 Å². The molecule has 0 amide bonds. The van der Waals surface area contributed by atoms with E-state index in [1.807, 2.05) is 0 Å². The van der Waals surface area contributed by atoms with E-state index >= 15 is 0 Å². The van der Waals surface area contributed by atoms with E-state index in [1.54, 1.807) is 18.4 Å². The third-order valence-corrected chi connectivity index (χ3v) is 3.19. The molecule has 0 spiro atoms. The van der Waals surface area contributed by atoms with E-state index in [2.05, 4.69) is 29.5 Å². The fourth-order valence-electron chi connectivity index (χ4n) is 1.42. The van der Waals surface area contributed by atoms with Crippen molar-refractivity contribution in [3.05, 3.63) is 16.1 Å². The van der Waals surface area contributed by atoms with Crippen molar-refractivity contribution in [2.45, 2.75) is 32.7 Å². The molecule has 0 fully saturated rings. The van der Waals surface area contributed by atoms with Gasteiger partial charge in [-0.3, -0.25) is 0 Å². The minimum absolute atomic E-state index is 0.363. The standard InChI is InChI=1S/C11H20N2OS/c1-4-12-9(2)10-8-15-11(13-10)6-5-7-14-3/h8-9,12H,4-7H2,1-3H3. The number of nitrogens with one attached hydrogen (secondary N) is 1. The highest BCUT2D eigenvalue weighted by molar-refractivity contribution is 7.09. The first-order chi connectivity index (χ1) is 7.27. The van der Waals surface area contributed by atoms with Crippen molar-refractivity contribution in [1.29, 1.82) is 0 Å². The molecule has 1 heterocycles. The molecule has 1 atom stereocenters. The molecule has 4 heteroatoms. The highest BCUT2D eigenvalue weighted by atomic mass is 32.1. The van der Waals surface area contributed by atoms with Crippen LogP contribution in [0.4, 0.5) is 0 Å². The van der Waals surface area contributed by atoms with Gasteiger partial charge in [-0.2, -0.15) is 0 Å². The second-order valence-corrected chi connectivity index (χ2v) is 4.48. The van der Waals surface area contributed by atoms with E-state index in [1.165, 1.54) is 5.01 Å². The van der Waals surface area contributed by atoms with Crippen LogP contribution in [-0.2, 0) is 11.2 Å². The highest BCUT2D eigenvalue weighted by Crippen LogP contribution is 2.17. The number of aromatic nitrogens is 1. The second-order valence-electron chi connectivity index (χ2n) is 3.54. The van der Waals surface area contributed by atoms with E-state index in [-0.39, 0.29) is 0 Å². The predicted octanol–water partition coefficient (Wildman–Crippen LogP) is 2.39. The van der Waals surface area contributed by atoms with Gasteiger partial charge in [0.25, 0.3) is 0 Å². The van der Waals surface area contributed by atoms with Crippen molar-refractivity contribution < 1.29 is 4.74 Å². The van der Waals surface area contributed by atoms with Gasteiger partial charge in [0.1, 0.15) is 0 Å². The molecule has 1 aromatic rings. The molecule has 0 saturated heterocycles. The lowest BCUT2D eigenvalue weighted by Gasteiger charge is -2.08. The average molecular weight is 228 g/mol. The number of methoxy groups -OCH3 is 1. The smallest absolute Gasteiger partial charge is 0.0929 e. The highest BCUT2D eigenvalue weighted by Gasteiger charge is 2.08. The van der Waals surface area contributed by atoms with Gasteiger partial charge in [0.15, 0.2) is 0 Å². The Bertz CT molecular complexity index is 275. The lowest BCUT2D eigenvalue weighted by Crippen LogP contribution is -2.17. The van der Waals surface area contributed by atoms with Gasteiger partial charge in [0, 0.05) is 31.6 Å². The van der Waals surface area contributed by atoms with Crippen LogP contribution in [0.5, 0.6) is 0 Å². The van der Waals surface area contributed by atoms with Crippen molar-refractivity contribution in [2.75, 3.05) is 20.3 Å². The first-order valence-electron chi connectivity index (χ1n) is 5.44. The number of nitrogens with zero attached hydrogens (tertiary/aromatic N) is 1. The van der Waals surface area contributed by atoms with Gasteiger partial charge in [-0.15, -0.1) is 11.3 Å². The topological polar surface area (TPSA) is 34.1 Å². The summed E-state index contributed by atoms with van der Waals surface area (Å²) in [6.45, 7) is 6.06. The van der Waals surface area contributed by atoms with Crippen LogP contribution in [0.2, 0.25) is 0 Å². The van der Waals surface area contributed by atoms with Crippen LogP contribution in [0.1, 0.15) is 37.0 Å². The zero-order valence-electron chi connectivity index (χ0n) is 9.75. The molecular formula is C11H20N2OS. The van der Waals surface area contributed by atoms with E-state index in [0.717, 1.165) is 31.7 Å². The average Bonchev–Trinajstić information content (AvgIpc) is 2.67. The summed E-state index contributed by atoms with van der Waals surface area (Å²) < 4.78 is 5.02. The Hall–Kier alpha value is -0.450. The number of rotatable bonds is 7. The maximum Gasteiger partial charge on any atom is 0.0929 e. The van der Waals surface area contributed by atoms with Gasteiger partial charge in [0.05, 0.1) is 10.7 Å². The van der Waals surface area contributed by atoms with Crippen LogP contribution in [0.25, 0.3) is 0 Å². The third-order valence-electron chi connectivity index (χ3n) is 2.26. The zero-order chi connectivity index (χ0) is 11.1. The molecule has 15 heavy (non-hydrogen) atoms. The van der Waals surface area contributed by atoms with Crippen LogP contribution in [0.15, 0.2) is 5.38 Å². The molecule has 1 N–H and O–H groups in total. The number of thiazole rings is 1. The molecule has 1 unspecified atom stereocenters. The Morgan fingerprint density at radius 1 is 1.60 bits per heavy atom. The Balaban J connectivity index is 2.41. The third kappa shape index (κ3) is 4.28. The Labute approximate surface area is 95.9 Å². The number of ether oxygens (including phenoxy) is 1. The lowest BCUT2D eigenvalue weighted by atomic mass is 10.2. The quantitative estimate of drug-likeness (QED) is 0.728. The van der Waals surface area contributed by atoms with E-state index in [9.17, 15) is 0 Å². The summed E-state index contributed by atoms with van der Waals surface area (Å²) in [4.78, 5) is 4.60. The van der Waals surface area contributed by atoms with Crippen LogP contribution < -0.4 is 5.32 Å². The Morgan fingerprint density at radius 2 is 2.40 bits per heavy atom. The fraction of sp³-hybridized carbons (Fsp3) is 0.727. The number of aryl methyl sites for hydroxylation is 1. The second kappa shape index (κ2) is 6.93. The van der Waals surface area contributed by atoms with Gasteiger partial charge < -0.3 is 10.1 Å². The van der Waals surface area contributed by atoms with E-state index in [4.69, 9.17) is 4.74 Å². The van der Waals surface area contributed by atoms with Crippen molar-refractivity contribution in [3.63, 3.8) is 0 Å². The SMILES string of the molecule is CCNC(C)c1csc(CCCOC)n1. The van der Waals surface area contributed by atoms with Crippen LogP contribution in [-0.4, -0.2) is 25.2 Å². The molecule has 86 valence electrons. The summed E-state index contributed by atoms with van der Waals surface area (Å²) in [5.74, 6) is 0. The van der Waals surface area contributed by atoms with Crippen LogP contribution >= 0.6 is 11.3 Å². The summed E-state index contributed by atoms with van der Waals surface area (Å²) in [5.41, 5.74) is 1.16. The first kappa shape index (κ1) is 12.6. The minimum atomic E-state index is 0.363. The zero-order valence-corrected chi connectivity index (χ0v) is 10.6. The predicted molar refractivity (Wildman–Crippen MR) is 64.4 cm³/mol. The number of hydrogen-bond donors (Lipinski definition) is 1. The van der Waals surface area contributed by atoms with Gasteiger partial charge in [-0.1, -0.05) is 6.92 Å². The molecular weight excluding hydrogens is 208 g/mol. The van der Waals surface area contributed by atoms with Gasteiger partial charge in [-0.25, -0.2) is 4.98 Å². The van der Waals surface area contributed by atoms with Crippen molar-refractivity contribution in [1.82, 2.24) is 10.3 Å². The summed E-state index contributed by atoms with van der Waals surface area (Å²) >= 11 is 1.75. The summed E-state index contributed by atoms with van der Waals surface area (Å²) in [7, 11) is 1.74. The van der Waals surface area contributed by atoms with Crippen LogP contribution in [0, 0.1) is 0 Å². The molecule has 0 bridgehead atoms. The molecule has 0 radical (unpaired) electrons. The monoisotopic (exact) mass is 228 g/mol. The Kier molecular flexibility index (Phi) is 5.83. The number of hydrogen-bond acceptors (Lipinski definition) is 4. The molecule has 1 rings (SSSR count). The van der Waals surface area contributed by atoms with Crippen molar-refractivity contribution in [2.24, 2.45) is 0 Å². The van der Waals surface area contributed by atoms with Gasteiger partial charge >= 0.3 is 0 Å². The molecule has 0 aliphatic carbocycles. The lowest BCUT2D eigenvalue weighted by molar-refractivity contribution is 0.195. The molecule has 3 nitrogen and oxygen atoms in total. The summed E-state index contributed by atoms with van der Waals surface area (Å²) in [6, 6.07) is 0.363. The van der Waals surface area contributed by atoms with Gasteiger partial charge in [-0.05, 0) is 19.9 Å². The maximum absolute atomic E-state index is 5.02.